The molecule has 3 aromatic heterocycles. The average molecular weight is 315 g/mol. The first-order chi connectivity index (χ1) is 10.8. The molecule has 1 aliphatic rings. The maximum Gasteiger partial charge on any atom is 0.144 e. The van der Waals surface area contributed by atoms with Crippen molar-refractivity contribution in [3.8, 4) is 0 Å². The maximum atomic E-state index is 6.04. The minimum Gasteiger partial charge on any atom is -0.365 e. The predicted molar refractivity (Wildman–Crippen MR) is 87.4 cm³/mol. The van der Waals surface area contributed by atoms with E-state index in [-0.39, 0.29) is 0 Å². The highest BCUT2D eigenvalue weighted by Gasteiger charge is 2.25. The number of hydrogen-bond acceptors (Lipinski definition) is 5. The lowest BCUT2D eigenvalue weighted by molar-refractivity contribution is 0.800. The van der Waals surface area contributed by atoms with Gasteiger partial charge in [-0.25, -0.2) is 15.0 Å². The van der Waals surface area contributed by atoms with Gasteiger partial charge < -0.3 is 15.2 Å². The van der Waals surface area contributed by atoms with E-state index in [1.165, 1.54) is 0 Å². The Balaban J connectivity index is 1.54. The van der Waals surface area contributed by atoms with Crippen LogP contribution in [-0.2, 0) is 0 Å². The first-order valence-corrected chi connectivity index (χ1v) is 7.59. The number of hydrogen-bond donors (Lipinski definition) is 2. The number of fused-ring (bicyclic) bond motifs is 1. The summed E-state index contributed by atoms with van der Waals surface area (Å²) in [4.78, 5) is 18.3. The Bertz CT molecular complexity index is 787. The standard InChI is InChI=1S/C15H15ClN6/c16-12-7-11-14(21-12)18-9-19-15(11)22-6-4-10(8-22)20-13-3-1-2-5-17-13/h1-3,5,7,9-10H,4,6,8H2,(H,17,20)(H,18,19,21). The first kappa shape index (κ1) is 13.3. The molecule has 22 heavy (non-hydrogen) atoms. The summed E-state index contributed by atoms with van der Waals surface area (Å²) in [7, 11) is 0. The van der Waals surface area contributed by atoms with Gasteiger partial charge in [-0.2, -0.15) is 0 Å². The van der Waals surface area contributed by atoms with Gasteiger partial charge in [0.05, 0.1) is 5.39 Å². The summed E-state index contributed by atoms with van der Waals surface area (Å²) in [6, 6.07) is 8.12. The van der Waals surface area contributed by atoms with Crippen molar-refractivity contribution in [3.05, 3.63) is 41.9 Å². The Kier molecular flexibility index (Phi) is 3.31. The Morgan fingerprint density at radius 1 is 1.27 bits per heavy atom. The number of pyridine rings is 1. The molecule has 1 saturated heterocycles. The van der Waals surface area contributed by atoms with Crippen molar-refractivity contribution in [1.29, 1.82) is 0 Å². The molecule has 1 unspecified atom stereocenters. The van der Waals surface area contributed by atoms with Crippen molar-refractivity contribution in [2.45, 2.75) is 12.5 Å². The van der Waals surface area contributed by atoms with E-state index in [1.807, 2.05) is 24.3 Å². The third-order valence-corrected chi connectivity index (χ3v) is 4.08. The number of H-pyrrole nitrogens is 1. The Morgan fingerprint density at radius 2 is 2.23 bits per heavy atom. The van der Waals surface area contributed by atoms with Crippen LogP contribution in [0.25, 0.3) is 11.0 Å². The van der Waals surface area contributed by atoms with Crippen LogP contribution in [0.2, 0.25) is 5.15 Å². The fourth-order valence-electron chi connectivity index (χ4n) is 2.87. The van der Waals surface area contributed by atoms with Gasteiger partial charge in [0.25, 0.3) is 0 Å². The summed E-state index contributed by atoms with van der Waals surface area (Å²) in [5, 5.41) is 5.01. The van der Waals surface area contributed by atoms with E-state index in [1.54, 1.807) is 12.5 Å². The van der Waals surface area contributed by atoms with Gasteiger partial charge in [-0.1, -0.05) is 17.7 Å². The number of aromatic amines is 1. The number of anilines is 2. The fourth-order valence-corrected chi connectivity index (χ4v) is 3.07. The van der Waals surface area contributed by atoms with Crippen molar-refractivity contribution in [1.82, 2.24) is 19.9 Å². The third kappa shape index (κ3) is 2.46. The van der Waals surface area contributed by atoms with E-state index in [0.717, 1.165) is 42.2 Å². The predicted octanol–water partition coefficient (Wildman–Crippen LogP) is 2.70. The van der Waals surface area contributed by atoms with Crippen molar-refractivity contribution in [2.24, 2.45) is 0 Å². The van der Waals surface area contributed by atoms with E-state index in [4.69, 9.17) is 11.6 Å². The SMILES string of the molecule is Clc1cc2c(N3CCC(Nc4ccccn4)C3)ncnc2[nH]1. The number of halogens is 1. The number of nitrogens with one attached hydrogen (secondary N) is 2. The molecule has 0 saturated carbocycles. The molecule has 3 aromatic rings. The van der Waals surface area contributed by atoms with Crippen LogP contribution < -0.4 is 10.2 Å². The van der Waals surface area contributed by atoms with Gasteiger partial charge in [-0.3, -0.25) is 0 Å². The van der Waals surface area contributed by atoms with E-state index < -0.39 is 0 Å². The molecule has 1 fully saturated rings. The topological polar surface area (TPSA) is 69.7 Å². The largest absolute Gasteiger partial charge is 0.365 e. The summed E-state index contributed by atoms with van der Waals surface area (Å²) >= 11 is 6.04. The molecular formula is C15H15ClN6. The van der Waals surface area contributed by atoms with E-state index in [2.05, 4.69) is 30.2 Å². The molecule has 4 heterocycles. The molecule has 0 aromatic carbocycles. The Morgan fingerprint density at radius 3 is 3.09 bits per heavy atom. The summed E-state index contributed by atoms with van der Waals surface area (Å²) < 4.78 is 0. The van der Waals surface area contributed by atoms with Gasteiger partial charge in [-0.15, -0.1) is 0 Å². The molecule has 112 valence electrons. The number of aromatic nitrogens is 4. The van der Waals surface area contributed by atoms with Gasteiger partial charge in [0.1, 0.15) is 28.8 Å². The van der Waals surface area contributed by atoms with Crippen LogP contribution in [-0.4, -0.2) is 39.1 Å². The van der Waals surface area contributed by atoms with E-state index >= 15 is 0 Å². The summed E-state index contributed by atoms with van der Waals surface area (Å²) in [5.74, 6) is 1.84. The molecule has 0 bridgehead atoms. The zero-order valence-electron chi connectivity index (χ0n) is 11.8. The van der Waals surface area contributed by atoms with Gasteiger partial charge in [0.2, 0.25) is 0 Å². The monoisotopic (exact) mass is 314 g/mol. The molecule has 1 aliphatic heterocycles. The zero-order chi connectivity index (χ0) is 14.9. The fraction of sp³-hybridized carbons (Fsp3) is 0.267. The second-order valence-electron chi connectivity index (χ2n) is 5.37. The van der Waals surface area contributed by atoms with Gasteiger partial charge in [-0.05, 0) is 24.6 Å². The highest BCUT2D eigenvalue weighted by molar-refractivity contribution is 6.30. The Labute approximate surface area is 132 Å². The van der Waals surface area contributed by atoms with Crippen LogP contribution in [0.1, 0.15) is 6.42 Å². The van der Waals surface area contributed by atoms with Crippen molar-refractivity contribution in [2.75, 3.05) is 23.3 Å². The summed E-state index contributed by atoms with van der Waals surface area (Å²) in [6.07, 6.45) is 4.41. The molecular weight excluding hydrogens is 300 g/mol. The van der Waals surface area contributed by atoms with Gasteiger partial charge >= 0.3 is 0 Å². The number of rotatable bonds is 3. The van der Waals surface area contributed by atoms with Crippen molar-refractivity contribution >= 4 is 34.3 Å². The summed E-state index contributed by atoms with van der Waals surface area (Å²) in [6.45, 7) is 1.82. The van der Waals surface area contributed by atoms with E-state index in [0.29, 0.717) is 11.2 Å². The summed E-state index contributed by atoms with van der Waals surface area (Å²) in [5.41, 5.74) is 0.774. The van der Waals surface area contributed by atoms with Crippen molar-refractivity contribution in [3.63, 3.8) is 0 Å². The minimum atomic E-state index is 0.356. The van der Waals surface area contributed by atoms with Crippen LogP contribution in [0.5, 0.6) is 0 Å². The number of nitrogens with zero attached hydrogens (tertiary/aromatic N) is 4. The third-order valence-electron chi connectivity index (χ3n) is 3.88. The molecule has 0 aliphatic carbocycles. The van der Waals surface area contributed by atoms with Crippen LogP contribution >= 0.6 is 11.6 Å². The zero-order valence-corrected chi connectivity index (χ0v) is 12.6. The first-order valence-electron chi connectivity index (χ1n) is 7.21. The highest BCUT2D eigenvalue weighted by atomic mass is 35.5. The van der Waals surface area contributed by atoms with E-state index in [9.17, 15) is 0 Å². The molecule has 4 rings (SSSR count). The lowest BCUT2D eigenvalue weighted by Crippen LogP contribution is -2.27. The molecule has 2 N–H and O–H groups in total. The maximum absolute atomic E-state index is 6.04. The molecule has 0 spiro atoms. The lowest BCUT2D eigenvalue weighted by Gasteiger charge is -2.18. The quantitative estimate of drug-likeness (QED) is 0.778. The average Bonchev–Trinajstić information content (AvgIpc) is 3.13. The smallest absolute Gasteiger partial charge is 0.144 e. The highest BCUT2D eigenvalue weighted by Crippen LogP contribution is 2.28. The van der Waals surface area contributed by atoms with Gasteiger partial charge in [0.15, 0.2) is 0 Å². The van der Waals surface area contributed by atoms with Crippen LogP contribution in [0.4, 0.5) is 11.6 Å². The van der Waals surface area contributed by atoms with Crippen LogP contribution in [0.3, 0.4) is 0 Å². The molecule has 6 nitrogen and oxygen atoms in total. The Hall–Kier alpha value is -2.34. The normalized spacial score (nSPS) is 18.0. The minimum absolute atomic E-state index is 0.356. The molecule has 0 amide bonds. The molecule has 0 radical (unpaired) electrons. The van der Waals surface area contributed by atoms with Crippen LogP contribution in [0.15, 0.2) is 36.8 Å². The molecule has 1 atom stereocenters. The molecule has 7 heteroatoms. The second-order valence-corrected chi connectivity index (χ2v) is 5.77. The lowest BCUT2D eigenvalue weighted by atomic mass is 10.2. The second kappa shape index (κ2) is 5.46. The van der Waals surface area contributed by atoms with Gasteiger partial charge in [0, 0.05) is 25.3 Å². The van der Waals surface area contributed by atoms with Crippen LogP contribution in [0, 0.1) is 0 Å². The van der Waals surface area contributed by atoms with Crippen molar-refractivity contribution < 1.29 is 0 Å².